The van der Waals surface area contributed by atoms with Crippen LogP contribution in [-0.4, -0.2) is 81.0 Å². The third-order valence-corrected chi connectivity index (χ3v) is 7.17. The van der Waals surface area contributed by atoms with Crippen LogP contribution in [0.4, 0.5) is 0 Å². The molecule has 26 heavy (non-hydrogen) atoms. The molecule has 3 atom stereocenters. The largest absolute Gasteiger partial charge is 0.354 e. The van der Waals surface area contributed by atoms with Gasteiger partial charge in [-0.2, -0.15) is 0 Å². The summed E-state index contributed by atoms with van der Waals surface area (Å²) >= 11 is 0. The van der Waals surface area contributed by atoms with Crippen LogP contribution >= 0.6 is 12.4 Å². The number of carbonyl (C=O) groups excluding carboxylic acids is 2. The minimum atomic E-state index is -3.68. The Balaban J connectivity index is 0.00000338. The second-order valence-corrected chi connectivity index (χ2v) is 9.43. The molecule has 0 spiro atoms. The number of hydrogen-bond donors (Lipinski definition) is 2. The molecule has 2 N–H and O–H groups in total. The van der Waals surface area contributed by atoms with E-state index in [2.05, 4.69) is 10.6 Å². The summed E-state index contributed by atoms with van der Waals surface area (Å²) in [5.41, 5.74) is 0. The Morgan fingerprint density at radius 2 is 1.96 bits per heavy atom. The van der Waals surface area contributed by atoms with Crippen LogP contribution in [0.3, 0.4) is 0 Å². The lowest BCUT2D eigenvalue weighted by molar-refractivity contribution is -0.128. The van der Waals surface area contributed by atoms with E-state index in [1.807, 2.05) is 0 Å². The van der Waals surface area contributed by atoms with Gasteiger partial charge in [0.1, 0.15) is 0 Å². The lowest BCUT2D eigenvalue weighted by atomic mass is 9.99. The molecule has 2 aliphatic heterocycles. The van der Waals surface area contributed by atoms with Gasteiger partial charge in [0.2, 0.25) is 21.8 Å². The first-order chi connectivity index (χ1) is 11.7. The lowest BCUT2D eigenvalue weighted by Crippen LogP contribution is -2.50. The van der Waals surface area contributed by atoms with Gasteiger partial charge in [-0.1, -0.05) is 0 Å². The van der Waals surface area contributed by atoms with Crippen LogP contribution < -0.4 is 10.6 Å². The SMILES string of the molecule is CC(C(=O)N(C)C)S(=O)(=O)N1CCCC(CNC(=O)C2CCCN2)C1.Cl. The number of sulfonamides is 1. The third kappa shape index (κ3) is 5.55. The summed E-state index contributed by atoms with van der Waals surface area (Å²) in [5, 5.41) is 5.01. The van der Waals surface area contributed by atoms with Crippen LogP contribution in [-0.2, 0) is 19.6 Å². The van der Waals surface area contributed by atoms with Gasteiger partial charge in [0.05, 0.1) is 6.04 Å². The van der Waals surface area contributed by atoms with Crippen molar-refractivity contribution in [3.8, 4) is 0 Å². The predicted octanol–water partition coefficient (Wildman–Crippen LogP) is -0.205. The Bertz CT molecular complexity index is 593. The van der Waals surface area contributed by atoms with Crippen molar-refractivity contribution in [2.75, 3.05) is 40.3 Å². The standard InChI is InChI=1S/C16H30N4O4S.ClH/c1-12(16(22)19(2)3)25(23,24)20-9-5-6-13(11-20)10-18-15(21)14-7-4-8-17-14;/h12-14,17H,4-11H2,1-3H3,(H,18,21);1H. The third-order valence-electron chi connectivity index (χ3n) is 5.02. The zero-order valence-corrected chi connectivity index (χ0v) is 17.4. The maximum absolute atomic E-state index is 12.7. The predicted molar refractivity (Wildman–Crippen MR) is 103 cm³/mol. The van der Waals surface area contributed by atoms with Gasteiger partial charge < -0.3 is 15.5 Å². The maximum Gasteiger partial charge on any atom is 0.241 e. The molecule has 2 amide bonds. The minimum Gasteiger partial charge on any atom is -0.354 e. The summed E-state index contributed by atoms with van der Waals surface area (Å²) in [6, 6.07) is -0.124. The zero-order valence-electron chi connectivity index (χ0n) is 15.7. The first-order valence-electron chi connectivity index (χ1n) is 8.94. The summed E-state index contributed by atoms with van der Waals surface area (Å²) in [4.78, 5) is 25.4. The van der Waals surface area contributed by atoms with E-state index in [4.69, 9.17) is 0 Å². The summed E-state index contributed by atoms with van der Waals surface area (Å²) in [5.74, 6) is -0.341. The van der Waals surface area contributed by atoms with Gasteiger partial charge in [-0.05, 0) is 45.1 Å². The lowest BCUT2D eigenvalue weighted by Gasteiger charge is -2.34. The second kappa shape index (κ2) is 9.87. The summed E-state index contributed by atoms with van der Waals surface area (Å²) < 4.78 is 26.8. The van der Waals surface area contributed by atoms with E-state index in [9.17, 15) is 18.0 Å². The number of hydrogen-bond acceptors (Lipinski definition) is 5. The Morgan fingerprint density at radius 1 is 1.27 bits per heavy atom. The molecule has 2 rings (SSSR count). The highest BCUT2D eigenvalue weighted by Gasteiger charge is 2.37. The van der Waals surface area contributed by atoms with Gasteiger partial charge >= 0.3 is 0 Å². The molecular weight excluding hydrogens is 380 g/mol. The van der Waals surface area contributed by atoms with E-state index >= 15 is 0 Å². The zero-order chi connectivity index (χ0) is 18.6. The van der Waals surface area contributed by atoms with E-state index in [1.165, 1.54) is 16.1 Å². The van der Waals surface area contributed by atoms with Crippen LogP contribution in [0.25, 0.3) is 0 Å². The Labute approximate surface area is 162 Å². The van der Waals surface area contributed by atoms with E-state index in [1.54, 1.807) is 14.1 Å². The molecule has 3 unspecified atom stereocenters. The van der Waals surface area contributed by atoms with Gasteiger partial charge in [-0.15, -0.1) is 12.4 Å². The number of nitrogens with one attached hydrogen (secondary N) is 2. The fourth-order valence-corrected chi connectivity index (χ4v) is 5.13. The molecule has 0 saturated carbocycles. The van der Waals surface area contributed by atoms with Gasteiger partial charge in [-0.3, -0.25) is 9.59 Å². The van der Waals surface area contributed by atoms with E-state index in [-0.39, 0.29) is 30.3 Å². The molecular formula is C16H31ClN4O4S. The van der Waals surface area contributed by atoms with Crippen molar-refractivity contribution in [1.29, 1.82) is 0 Å². The van der Waals surface area contributed by atoms with Crippen molar-refractivity contribution in [2.24, 2.45) is 5.92 Å². The highest BCUT2D eigenvalue weighted by Crippen LogP contribution is 2.22. The van der Waals surface area contributed by atoms with E-state index in [0.29, 0.717) is 19.6 Å². The number of nitrogens with zero attached hydrogens (tertiary/aromatic N) is 2. The molecule has 0 radical (unpaired) electrons. The fraction of sp³-hybridized carbons (Fsp3) is 0.875. The number of rotatable bonds is 6. The molecule has 2 heterocycles. The van der Waals surface area contributed by atoms with Crippen LogP contribution in [0, 0.1) is 5.92 Å². The van der Waals surface area contributed by atoms with Crippen molar-refractivity contribution in [2.45, 2.75) is 43.9 Å². The molecule has 2 fully saturated rings. The van der Waals surface area contributed by atoms with Crippen molar-refractivity contribution in [3.63, 3.8) is 0 Å². The quantitative estimate of drug-likeness (QED) is 0.631. The Kier molecular flexibility index (Phi) is 8.78. The minimum absolute atomic E-state index is 0. The van der Waals surface area contributed by atoms with Gasteiger partial charge in [0, 0.05) is 33.7 Å². The Morgan fingerprint density at radius 3 is 2.54 bits per heavy atom. The van der Waals surface area contributed by atoms with Crippen molar-refractivity contribution in [1.82, 2.24) is 19.8 Å². The fourth-order valence-electron chi connectivity index (χ4n) is 3.42. The Hall–Kier alpha value is -0.900. The molecule has 8 nitrogen and oxygen atoms in total. The van der Waals surface area contributed by atoms with Crippen LogP contribution in [0.5, 0.6) is 0 Å². The molecule has 10 heteroatoms. The van der Waals surface area contributed by atoms with Crippen LogP contribution in [0.2, 0.25) is 0 Å². The molecule has 0 aliphatic carbocycles. The average Bonchev–Trinajstić information content (AvgIpc) is 3.13. The van der Waals surface area contributed by atoms with Crippen molar-refractivity contribution < 1.29 is 18.0 Å². The highest BCUT2D eigenvalue weighted by molar-refractivity contribution is 7.90. The van der Waals surface area contributed by atoms with Gasteiger partial charge in [-0.25, -0.2) is 12.7 Å². The van der Waals surface area contributed by atoms with Crippen LogP contribution in [0.15, 0.2) is 0 Å². The van der Waals surface area contributed by atoms with Crippen LogP contribution in [0.1, 0.15) is 32.6 Å². The molecule has 2 saturated heterocycles. The van der Waals surface area contributed by atoms with E-state index in [0.717, 1.165) is 32.2 Å². The molecule has 0 bridgehead atoms. The number of piperidine rings is 1. The topological polar surface area (TPSA) is 98.8 Å². The monoisotopic (exact) mass is 410 g/mol. The molecule has 152 valence electrons. The normalized spacial score (nSPS) is 25.2. The van der Waals surface area contributed by atoms with Gasteiger partial charge in [0.15, 0.2) is 5.25 Å². The first-order valence-corrected chi connectivity index (χ1v) is 10.4. The smallest absolute Gasteiger partial charge is 0.241 e. The van der Waals surface area contributed by atoms with E-state index < -0.39 is 21.2 Å². The first kappa shape index (κ1) is 23.1. The van der Waals surface area contributed by atoms with Crippen molar-refractivity contribution in [3.05, 3.63) is 0 Å². The number of carbonyl (C=O) groups is 2. The summed E-state index contributed by atoms with van der Waals surface area (Å²) in [6.07, 6.45) is 3.47. The highest BCUT2D eigenvalue weighted by atomic mass is 35.5. The number of amides is 2. The second-order valence-electron chi connectivity index (χ2n) is 7.18. The van der Waals surface area contributed by atoms with Crippen molar-refractivity contribution >= 4 is 34.2 Å². The molecule has 0 aromatic rings. The van der Waals surface area contributed by atoms with Gasteiger partial charge in [0.25, 0.3) is 0 Å². The molecule has 0 aromatic heterocycles. The average molecular weight is 411 g/mol. The summed E-state index contributed by atoms with van der Waals surface area (Å²) in [7, 11) is -0.565. The summed E-state index contributed by atoms with van der Waals surface area (Å²) in [6.45, 7) is 3.56. The molecule has 0 aromatic carbocycles. The molecule has 2 aliphatic rings. The number of halogens is 1. The maximum atomic E-state index is 12.7.